The number of carbonyl (C=O) groups is 1. The number of fused-ring (bicyclic) bond motifs is 1. The van der Waals surface area contributed by atoms with Gasteiger partial charge in [0.05, 0.1) is 17.6 Å². The lowest BCUT2D eigenvalue weighted by molar-refractivity contribution is -0.123. The Balaban J connectivity index is 1.47. The number of hydrogen-bond acceptors (Lipinski definition) is 4. The summed E-state index contributed by atoms with van der Waals surface area (Å²) in [5.74, 6) is -0.314. The van der Waals surface area contributed by atoms with Gasteiger partial charge < -0.3 is 9.30 Å². The van der Waals surface area contributed by atoms with Crippen molar-refractivity contribution in [3.05, 3.63) is 75.0 Å². The topological polar surface area (TPSA) is 34.5 Å². The van der Waals surface area contributed by atoms with E-state index in [2.05, 4.69) is 26.6 Å². The molecule has 2 aliphatic heterocycles. The summed E-state index contributed by atoms with van der Waals surface area (Å²) in [6.45, 7) is 1.86. The average Bonchev–Trinajstić information content (AvgIpc) is 3.46. The van der Waals surface area contributed by atoms with Crippen molar-refractivity contribution in [2.75, 3.05) is 13.2 Å². The molecule has 2 fully saturated rings. The zero-order chi connectivity index (χ0) is 22.2. The molecular weight excluding hydrogens is 511 g/mol. The Morgan fingerprint density at radius 2 is 2.06 bits per heavy atom. The molecule has 32 heavy (non-hydrogen) atoms. The van der Waals surface area contributed by atoms with E-state index in [1.807, 2.05) is 24.4 Å². The van der Waals surface area contributed by atoms with Crippen LogP contribution >= 0.6 is 39.9 Å². The molecule has 0 N–H and O–H groups in total. The van der Waals surface area contributed by atoms with Gasteiger partial charge in [0.1, 0.15) is 10.1 Å². The molecule has 164 valence electrons. The zero-order valence-electron chi connectivity index (χ0n) is 17.1. The van der Waals surface area contributed by atoms with Gasteiger partial charge in [-0.25, -0.2) is 4.39 Å². The molecule has 3 aromatic rings. The number of ether oxygens (including phenoxy) is 1. The van der Waals surface area contributed by atoms with Gasteiger partial charge in [0, 0.05) is 40.3 Å². The molecule has 0 spiro atoms. The van der Waals surface area contributed by atoms with Crippen LogP contribution in [0.1, 0.15) is 24.0 Å². The molecule has 1 aromatic heterocycles. The lowest BCUT2D eigenvalue weighted by Crippen LogP contribution is -2.35. The van der Waals surface area contributed by atoms with Crippen molar-refractivity contribution < 1.29 is 13.9 Å². The molecule has 0 radical (unpaired) electrons. The fourth-order valence-electron chi connectivity index (χ4n) is 4.12. The first kappa shape index (κ1) is 21.8. The SMILES string of the molecule is O=C1/C(=C/c2cn(Cc3ccc(F)cc3)c3ccc(Br)cc23)SC(=S)N1C[C@H]1CCCO1. The van der Waals surface area contributed by atoms with Crippen molar-refractivity contribution in [1.82, 2.24) is 9.47 Å². The van der Waals surface area contributed by atoms with Gasteiger partial charge in [-0.15, -0.1) is 0 Å². The number of thiocarbonyl (C=S) groups is 1. The van der Waals surface area contributed by atoms with Crippen LogP contribution in [0, 0.1) is 5.82 Å². The first-order valence-corrected chi connectivity index (χ1v) is 12.4. The minimum Gasteiger partial charge on any atom is -0.376 e. The van der Waals surface area contributed by atoms with E-state index in [1.165, 1.54) is 23.9 Å². The molecule has 4 nitrogen and oxygen atoms in total. The lowest BCUT2D eigenvalue weighted by Gasteiger charge is -2.18. The maximum Gasteiger partial charge on any atom is 0.266 e. The first-order chi connectivity index (χ1) is 15.5. The summed E-state index contributed by atoms with van der Waals surface area (Å²) in [6, 6.07) is 12.6. The second kappa shape index (κ2) is 9.09. The number of benzene rings is 2. The Kier molecular flexibility index (Phi) is 6.20. The van der Waals surface area contributed by atoms with Crippen molar-refractivity contribution in [2.24, 2.45) is 0 Å². The standard InChI is InChI=1S/C24H20BrFN2O2S2/c25-17-5-8-21-20(11-17)16(13-27(21)12-15-3-6-18(26)7-4-15)10-22-23(29)28(24(31)32-22)14-19-2-1-9-30-19/h3-8,10-11,13,19H,1-2,9,12,14H2/b22-10-/t19-/m1/s1. The summed E-state index contributed by atoms with van der Waals surface area (Å²) in [7, 11) is 0. The lowest BCUT2D eigenvalue weighted by atomic mass is 10.1. The minimum absolute atomic E-state index is 0.0606. The Hall–Kier alpha value is -2.00. The minimum atomic E-state index is -0.249. The molecule has 2 aromatic carbocycles. The smallest absolute Gasteiger partial charge is 0.266 e. The number of rotatable bonds is 5. The normalized spacial score (nSPS) is 20.2. The van der Waals surface area contributed by atoms with E-state index < -0.39 is 0 Å². The first-order valence-electron chi connectivity index (χ1n) is 10.4. The predicted molar refractivity (Wildman–Crippen MR) is 134 cm³/mol. The van der Waals surface area contributed by atoms with Gasteiger partial charge >= 0.3 is 0 Å². The van der Waals surface area contributed by atoms with Crippen LogP contribution in [0.4, 0.5) is 4.39 Å². The third kappa shape index (κ3) is 4.41. The van der Waals surface area contributed by atoms with E-state index in [1.54, 1.807) is 17.0 Å². The van der Waals surface area contributed by atoms with Gasteiger partial charge in [-0.05, 0) is 54.8 Å². The molecule has 2 aliphatic rings. The Morgan fingerprint density at radius 1 is 1.25 bits per heavy atom. The second-order valence-corrected chi connectivity index (χ2v) is 10.5. The van der Waals surface area contributed by atoms with Gasteiger partial charge in [0.2, 0.25) is 0 Å². The van der Waals surface area contributed by atoms with Crippen LogP contribution < -0.4 is 0 Å². The number of aromatic nitrogens is 1. The van der Waals surface area contributed by atoms with Crippen LogP contribution in [-0.2, 0) is 16.1 Å². The van der Waals surface area contributed by atoms with Crippen molar-refractivity contribution in [3.63, 3.8) is 0 Å². The number of carbonyl (C=O) groups excluding carboxylic acids is 1. The largest absolute Gasteiger partial charge is 0.376 e. The summed E-state index contributed by atoms with van der Waals surface area (Å²) in [5.41, 5.74) is 2.99. The Bertz CT molecular complexity index is 1230. The average molecular weight is 531 g/mol. The van der Waals surface area contributed by atoms with Crippen molar-refractivity contribution >= 4 is 67.1 Å². The van der Waals surface area contributed by atoms with E-state index >= 15 is 0 Å². The highest BCUT2D eigenvalue weighted by molar-refractivity contribution is 9.10. The van der Waals surface area contributed by atoms with Crippen LogP contribution in [0.3, 0.4) is 0 Å². The summed E-state index contributed by atoms with van der Waals surface area (Å²) in [4.78, 5) is 15.4. The Morgan fingerprint density at radius 3 is 2.81 bits per heavy atom. The molecule has 0 saturated carbocycles. The van der Waals surface area contributed by atoms with E-state index in [0.717, 1.165) is 46.0 Å². The molecular formula is C24H20BrFN2O2S2. The van der Waals surface area contributed by atoms with Gasteiger partial charge in [-0.3, -0.25) is 9.69 Å². The molecule has 1 atom stereocenters. The van der Waals surface area contributed by atoms with Crippen LogP contribution in [0.15, 0.2) is 58.0 Å². The third-order valence-electron chi connectivity index (χ3n) is 5.71. The molecule has 5 rings (SSSR count). The van der Waals surface area contributed by atoms with Crippen molar-refractivity contribution in [3.8, 4) is 0 Å². The van der Waals surface area contributed by atoms with Crippen LogP contribution in [0.25, 0.3) is 17.0 Å². The van der Waals surface area contributed by atoms with Gasteiger partial charge in [-0.2, -0.15) is 0 Å². The third-order valence-corrected chi connectivity index (χ3v) is 7.58. The number of hydrogen-bond donors (Lipinski definition) is 0. The molecule has 0 bridgehead atoms. The maximum atomic E-state index is 13.3. The summed E-state index contributed by atoms with van der Waals surface area (Å²) < 4.78 is 22.7. The fourth-order valence-corrected chi connectivity index (χ4v) is 5.75. The van der Waals surface area contributed by atoms with E-state index in [0.29, 0.717) is 22.3 Å². The van der Waals surface area contributed by atoms with Crippen molar-refractivity contribution in [1.29, 1.82) is 0 Å². The van der Waals surface area contributed by atoms with Gasteiger partial charge in [-0.1, -0.05) is 52.0 Å². The molecule has 0 unspecified atom stereocenters. The Labute approximate surface area is 203 Å². The van der Waals surface area contributed by atoms with Crippen molar-refractivity contribution in [2.45, 2.75) is 25.5 Å². The summed E-state index contributed by atoms with van der Waals surface area (Å²) >= 11 is 10.4. The highest BCUT2D eigenvalue weighted by atomic mass is 79.9. The number of amides is 1. The molecule has 2 saturated heterocycles. The van der Waals surface area contributed by atoms with Gasteiger partial charge in [0.15, 0.2) is 0 Å². The molecule has 1 amide bonds. The number of halogens is 2. The maximum absolute atomic E-state index is 13.3. The summed E-state index contributed by atoms with van der Waals surface area (Å²) in [5, 5.41) is 1.03. The highest BCUT2D eigenvalue weighted by Gasteiger charge is 2.34. The molecule has 3 heterocycles. The van der Waals surface area contributed by atoms with E-state index in [-0.39, 0.29) is 17.8 Å². The monoisotopic (exact) mass is 530 g/mol. The summed E-state index contributed by atoms with van der Waals surface area (Å²) in [6.07, 6.45) is 6.00. The number of thioether (sulfide) groups is 1. The highest BCUT2D eigenvalue weighted by Crippen LogP contribution is 2.36. The molecule has 8 heteroatoms. The van der Waals surface area contributed by atoms with Crippen LogP contribution in [0.5, 0.6) is 0 Å². The number of nitrogens with zero attached hydrogens (tertiary/aromatic N) is 2. The fraction of sp³-hybridized carbons (Fsp3) is 0.250. The predicted octanol–water partition coefficient (Wildman–Crippen LogP) is 5.97. The quantitative estimate of drug-likeness (QED) is 0.300. The molecule has 0 aliphatic carbocycles. The van der Waals surface area contributed by atoms with Gasteiger partial charge in [0.25, 0.3) is 5.91 Å². The van der Waals surface area contributed by atoms with E-state index in [4.69, 9.17) is 17.0 Å². The van der Waals surface area contributed by atoms with Crippen LogP contribution in [0.2, 0.25) is 0 Å². The van der Waals surface area contributed by atoms with E-state index in [9.17, 15) is 9.18 Å². The second-order valence-electron chi connectivity index (χ2n) is 7.93. The zero-order valence-corrected chi connectivity index (χ0v) is 20.3. The van der Waals surface area contributed by atoms with Crippen LogP contribution in [-0.4, -0.2) is 39.0 Å².